The Morgan fingerprint density at radius 1 is 1.04 bits per heavy atom. The van der Waals surface area contributed by atoms with Crippen LogP contribution in [-0.2, 0) is 31.9 Å². The van der Waals surface area contributed by atoms with Gasteiger partial charge in [-0.25, -0.2) is 0 Å². The Kier molecular flexibility index (Phi) is 4.65. The summed E-state index contributed by atoms with van der Waals surface area (Å²) in [7, 11) is -4.18. The zero-order valence-corrected chi connectivity index (χ0v) is 13.9. The van der Waals surface area contributed by atoms with Gasteiger partial charge in [-0.05, 0) is 36.1 Å². The molecule has 0 spiro atoms. The summed E-state index contributed by atoms with van der Waals surface area (Å²) in [4.78, 5) is 22.2. The Labute approximate surface area is 144 Å². The van der Waals surface area contributed by atoms with E-state index in [1.807, 2.05) is 24.3 Å². The Balaban J connectivity index is 1.79. The zero-order valence-electron chi connectivity index (χ0n) is 13.1. The number of hydrogen-bond donors (Lipinski definition) is 0. The molecular weight excluding hydrogens is 346 g/mol. The van der Waals surface area contributed by atoms with Gasteiger partial charge in [0, 0.05) is 18.6 Å². The number of nitro benzene ring substituents is 1. The molecule has 8 heteroatoms. The van der Waals surface area contributed by atoms with Gasteiger partial charge in [-0.15, -0.1) is 0 Å². The molecule has 0 aromatic heterocycles. The van der Waals surface area contributed by atoms with Crippen LogP contribution in [0, 0.1) is 10.1 Å². The van der Waals surface area contributed by atoms with Gasteiger partial charge >= 0.3 is 0 Å². The molecule has 0 N–H and O–H groups in total. The smallest absolute Gasteiger partial charge is 0.296 e. The van der Waals surface area contributed by atoms with Crippen molar-refractivity contribution in [1.29, 1.82) is 0 Å². The molecule has 130 valence electrons. The third-order valence-corrected chi connectivity index (χ3v) is 5.43. The van der Waals surface area contributed by atoms with Gasteiger partial charge in [-0.1, -0.05) is 24.3 Å². The topological polar surface area (TPSA) is 104 Å². The molecule has 0 bridgehead atoms. The number of rotatable bonds is 4. The van der Waals surface area contributed by atoms with E-state index in [1.165, 1.54) is 0 Å². The summed E-state index contributed by atoms with van der Waals surface area (Å²) in [5.74, 6) is -0.296. The van der Waals surface area contributed by atoms with Gasteiger partial charge < -0.3 is 0 Å². The fraction of sp³-hybridized carbons (Fsp3) is 0.235. The van der Waals surface area contributed by atoms with Crippen LogP contribution in [0.5, 0.6) is 0 Å². The highest BCUT2D eigenvalue weighted by atomic mass is 32.2. The predicted molar refractivity (Wildman–Crippen MR) is 88.6 cm³/mol. The first-order valence-corrected chi connectivity index (χ1v) is 9.05. The zero-order chi connectivity index (χ0) is 18.0. The van der Waals surface area contributed by atoms with Gasteiger partial charge in [0.25, 0.3) is 15.8 Å². The summed E-state index contributed by atoms with van der Waals surface area (Å²) in [5, 5.41) is 10.6. The predicted octanol–water partition coefficient (Wildman–Crippen LogP) is 2.43. The van der Waals surface area contributed by atoms with Crippen molar-refractivity contribution < 1.29 is 22.3 Å². The molecule has 0 saturated heterocycles. The molecule has 0 heterocycles. The second-order valence-electron chi connectivity index (χ2n) is 5.74. The number of carbonyl (C=O) groups excluding carboxylic acids is 1. The van der Waals surface area contributed by atoms with Crippen molar-refractivity contribution in [2.24, 2.45) is 0 Å². The van der Waals surface area contributed by atoms with Crippen LogP contribution >= 0.6 is 0 Å². The molecule has 1 aliphatic carbocycles. The van der Waals surface area contributed by atoms with Crippen molar-refractivity contribution in [2.45, 2.75) is 30.3 Å². The first-order valence-electron chi connectivity index (χ1n) is 7.64. The number of nitro groups is 1. The van der Waals surface area contributed by atoms with E-state index in [0.29, 0.717) is 6.42 Å². The molecule has 0 radical (unpaired) electrons. The molecule has 2 aromatic carbocycles. The number of benzene rings is 2. The molecule has 7 nitrogen and oxygen atoms in total. The molecule has 1 unspecified atom stereocenters. The van der Waals surface area contributed by atoms with Crippen LogP contribution < -0.4 is 0 Å². The number of carbonyl (C=O) groups is 1. The van der Waals surface area contributed by atoms with E-state index in [0.717, 1.165) is 35.4 Å². The monoisotopic (exact) mass is 361 g/mol. The van der Waals surface area contributed by atoms with E-state index in [2.05, 4.69) is 0 Å². The third-order valence-electron chi connectivity index (χ3n) is 4.10. The molecule has 0 saturated carbocycles. The van der Waals surface area contributed by atoms with E-state index >= 15 is 0 Å². The van der Waals surface area contributed by atoms with Crippen LogP contribution in [0.2, 0.25) is 0 Å². The molecule has 3 rings (SSSR count). The van der Waals surface area contributed by atoms with Crippen LogP contribution in [-0.4, -0.2) is 25.2 Å². The lowest BCUT2D eigenvalue weighted by molar-refractivity contribution is -0.384. The fourth-order valence-corrected chi connectivity index (χ4v) is 3.86. The Morgan fingerprint density at radius 2 is 1.68 bits per heavy atom. The van der Waals surface area contributed by atoms with Gasteiger partial charge in [-0.3, -0.25) is 19.1 Å². The standard InChI is InChI=1S/C17H15NO6S/c19-16-11-13-4-2-1-3-12(13)5-10-17(16)24-25(22,23)15-8-6-14(7-9-15)18(20)21/h1-4,6-9,17H,5,10-11H2. The van der Waals surface area contributed by atoms with E-state index in [9.17, 15) is 23.3 Å². The second kappa shape index (κ2) is 6.73. The molecule has 2 aromatic rings. The molecule has 0 amide bonds. The maximum atomic E-state index is 12.4. The second-order valence-corrected chi connectivity index (χ2v) is 7.31. The number of nitrogens with zero attached hydrogens (tertiary/aromatic N) is 1. The summed E-state index contributed by atoms with van der Waals surface area (Å²) in [6.07, 6.45) is -0.131. The Morgan fingerprint density at radius 3 is 2.32 bits per heavy atom. The fourth-order valence-electron chi connectivity index (χ4n) is 2.77. The summed E-state index contributed by atoms with van der Waals surface area (Å²) in [6.45, 7) is 0. The average molecular weight is 361 g/mol. The number of aryl methyl sites for hydroxylation is 1. The highest BCUT2D eigenvalue weighted by Gasteiger charge is 2.30. The van der Waals surface area contributed by atoms with Crippen LogP contribution in [0.25, 0.3) is 0 Å². The Bertz CT molecular complexity index is 920. The largest absolute Gasteiger partial charge is 0.297 e. The molecular formula is C17H15NO6S. The minimum absolute atomic E-state index is 0.122. The third kappa shape index (κ3) is 3.75. The number of Topliss-reactive ketones (excluding diaryl/α,β-unsaturated/α-hetero) is 1. The van der Waals surface area contributed by atoms with Gasteiger partial charge in [-0.2, -0.15) is 8.42 Å². The normalized spacial score (nSPS) is 17.6. The van der Waals surface area contributed by atoms with Crippen molar-refractivity contribution in [3.05, 3.63) is 69.8 Å². The van der Waals surface area contributed by atoms with E-state index in [4.69, 9.17) is 4.18 Å². The first kappa shape index (κ1) is 17.2. The van der Waals surface area contributed by atoms with Gasteiger partial charge in [0.1, 0.15) is 6.10 Å². The molecule has 1 atom stereocenters. The minimum atomic E-state index is -4.18. The number of hydrogen-bond acceptors (Lipinski definition) is 6. The van der Waals surface area contributed by atoms with Crippen molar-refractivity contribution in [1.82, 2.24) is 0 Å². The highest BCUT2D eigenvalue weighted by molar-refractivity contribution is 7.86. The van der Waals surface area contributed by atoms with Crippen LogP contribution in [0.1, 0.15) is 17.5 Å². The number of fused-ring (bicyclic) bond motifs is 1. The van der Waals surface area contributed by atoms with Crippen molar-refractivity contribution in [3.63, 3.8) is 0 Å². The minimum Gasteiger partial charge on any atom is -0.296 e. The highest BCUT2D eigenvalue weighted by Crippen LogP contribution is 2.24. The Hall–Kier alpha value is -2.58. The quantitative estimate of drug-likeness (QED) is 0.358. The van der Waals surface area contributed by atoms with Crippen LogP contribution in [0.15, 0.2) is 53.4 Å². The number of non-ortho nitro benzene ring substituents is 1. The molecule has 25 heavy (non-hydrogen) atoms. The van der Waals surface area contributed by atoms with Crippen molar-refractivity contribution in [3.8, 4) is 0 Å². The lowest BCUT2D eigenvalue weighted by Gasteiger charge is -2.14. The maximum absolute atomic E-state index is 12.4. The first-order chi connectivity index (χ1) is 11.9. The SMILES string of the molecule is O=C1Cc2ccccc2CCC1OS(=O)(=O)c1ccc([N+](=O)[O-])cc1. The summed E-state index contributed by atoms with van der Waals surface area (Å²) >= 11 is 0. The lowest BCUT2D eigenvalue weighted by Crippen LogP contribution is -2.28. The van der Waals surface area contributed by atoms with E-state index in [-0.39, 0.29) is 29.2 Å². The van der Waals surface area contributed by atoms with E-state index in [1.54, 1.807) is 0 Å². The van der Waals surface area contributed by atoms with Crippen LogP contribution in [0.3, 0.4) is 0 Å². The maximum Gasteiger partial charge on any atom is 0.297 e. The van der Waals surface area contributed by atoms with E-state index < -0.39 is 21.1 Å². The molecule has 1 aliphatic rings. The lowest BCUT2D eigenvalue weighted by atomic mass is 10.0. The van der Waals surface area contributed by atoms with Gasteiger partial charge in [0.2, 0.25) is 0 Å². The van der Waals surface area contributed by atoms with Crippen molar-refractivity contribution >= 4 is 21.6 Å². The number of ketones is 1. The summed E-state index contributed by atoms with van der Waals surface area (Å²) < 4.78 is 29.9. The molecule has 0 aliphatic heterocycles. The van der Waals surface area contributed by atoms with Crippen LogP contribution in [0.4, 0.5) is 5.69 Å². The summed E-state index contributed by atoms with van der Waals surface area (Å²) in [5.41, 5.74) is 1.67. The molecule has 0 fully saturated rings. The summed E-state index contributed by atoms with van der Waals surface area (Å²) in [6, 6.07) is 11.8. The van der Waals surface area contributed by atoms with Gasteiger partial charge in [0.15, 0.2) is 5.78 Å². The van der Waals surface area contributed by atoms with Crippen molar-refractivity contribution in [2.75, 3.05) is 0 Å². The average Bonchev–Trinajstić information content (AvgIpc) is 2.74. The van der Waals surface area contributed by atoms with Gasteiger partial charge in [0.05, 0.1) is 9.82 Å².